The van der Waals surface area contributed by atoms with Crippen molar-refractivity contribution in [2.45, 2.75) is 31.2 Å². The van der Waals surface area contributed by atoms with Crippen LogP contribution < -0.4 is 10.6 Å². The van der Waals surface area contributed by atoms with Crippen LogP contribution in [0.4, 0.5) is 5.69 Å². The normalized spacial score (nSPS) is 25.3. The van der Waals surface area contributed by atoms with Gasteiger partial charge in [-0.05, 0) is 24.1 Å². The van der Waals surface area contributed by atoms with Crippen molar-refractivity contribution in [2.24, 2.45) is 4.99 Å². The van der Waals surface area contributed by atoms with E-state index in [9.17, 15) is 4.79 Å². The molecule has 0 spiro atoms. The van der Waals surface area contributed by atoms with Crippen LogP contribution in [0.5, 0.6) is 0 Å². The van der Waals surface area contributed by atoms with Gasteiger partial charge in [0.05, 0.1) is 43.2 Å². The fourth-order valence-corrected chi connectivity index (χ4v) is 5.74. The maximum atomic E-state index is 13.3. The lowest BCUT2D eigenvalue weighted by atomic mass is 10.1. The molecule has 3 saturated heterocycles. The fourth-order valence-electron chi connectivity index (χ4n) is 4.63. The lowest BCUT2D eigenvalue weighted by molar-refractivity contribution is 0.00734. The van der Waals surface area contributed by atoms with E-state index in [1.807, 2.05) is 12.1 Å². The van der Waals surface area contributed by atoms with Crippen LogP contribution in [0.1, 0.15) is 22.3 Å². The molecule has 10 heteroatoms. The van der Waals surface area contributed by atoms with Gasteiger partial charge in [-0.3, -0.25) is 14.7 Å². The summed E-state index contributed by atoms with van der Waals surface area (Å²) in [5, 5.41) is 7.61. The van der Waals surface area contributed by atoms with E-state index in [-0.39, 0.29) is 18.0 Å². The Bertz CT molecular complexity index is 955. The van der Waals surface area contributed by atoms with Crippen molar-refractivity contribution in [1.82, 2.24) is 15.1 Å². The molecule has 1 aromatic carbocycles. The number of nitrogens with zero attached hydrogens (tertiary/aromatic N) is 3. The van der Waals surface area contributed by atoms with Gasteiger partial charge in [0.1, 0.15) is 6.04 Å². The third kappa shape index (κ3) is 6.00. The summed E-state index contributed by atoms with van der Waals surface area (Å²) in [5.74, 6) is 0.751. The molecule has 4 aliphatic rings. The highest BCUT2D eigenvalue weighted by molar-refractivity contribution is 8.14. The largest absolute Gasteiger partial charge is 0.379 e. The van der Waals surface area contributed by atoms with Crippen molar-refractivity contribution in [1.29, 1.82) is 0 Å². The second-order valence-electron chi connectivity index (χ2n) is 9.45. The van der Waals surface area contributed by atoms with Crippen LogP contribution in [-0.4, -0.2) is 105 Å². The number of anilines is 1. The molecule has 0 saturated carbocycles. The molecule has 0 aliphatic carbocycles. The van der Waals surface area contributed by atoms with Crippen LogP contribution in [0, 0.1) is 0 Å². The van der Waals surface area contributed by atoms with Gasteiger partial charge < -0.3 is 29.7 Å². The Morgan fingerprint density at radius 1 is 1.26 bits per heavy atom. The Balaban J connectivity index is 1.28. The first-order valence-electron chi connectivity index (χ1n) is 12.3. The number of nitrogens with one attached hydrogen (secondary N) is 2. The quantitative estimate of drug-likeness (QED) is 0.557. The zero-order chi connectivity index (χ0) is 24.2. The summed E-state index contributed by atoms with van der Waals surface area (Å²) < 4.78 is 16.3. The molecule has 5 rings (SSSR count). The second kappa shape index (κ2) is 11.3. The number of ether oxygens (including phenoxy) is 3. The van der Waals surface area contributed by atoms with Gasteiger partial charge >= 0.3 is 0 Å². The summed E-state index contributed by atoms with van der Waals surface area (Å²) >= 11 is 1.75. The first-order valence-corrected chi connectivity index (χ1v) is 13.3. The van der Waals surface area contributed by atoms with Crippen molar-refractivity contribution in [3.8, 4) is 0 Å². The third-order valence-corrected chi connectivity index (χ3v) is 7.99. The molecule has 0 aromatic heterocycles. The summed E-state index contributed by atoms with van der Waals surface area (Å²) in [6.45, 7) is 11.4. The van der Waals surface area contributed by atoms with Gasteiger partial charge in [0.2, 0.25) is 0 Å². The molecular weight excluding hydrogens is 466 g/mol. The van der Waals surface area contributed by atoms with Crippen molar-refractivity contribution in [3.63, 3.8) is 0 Å². The van der Waals surface area contributed by atoms with Crippen LogP contribution in [0.2, 0.25) is 0 Å². The molecular formula is C25H35N5O4S. The van der Waals surface area contributed by atoms with Crippen molar-refractivity contribution in [2.75, 3.05) is 70.8 Å². The molecule has 3 fully saturated rings. The first-order chi connectivity index (χ1) is 17.1. The van der Waals surface area contributed by atoms with Gasteiger partial charge in [-0.2, -0.15) is 0 Å². The number of rotatable bonds is 8. The lowest BCUT2D eigenvalue weighted by Crippen LogP contribution is -2.53. The third-order valence-electron chi connectivity index (χ3n) is 6.89. The molecule has 9 nitrogen and oxygen atoms in total. The maximum Gasteiger partial charge on any atom is 0.253 e. The Labute approximate surface area is 211 Å². The number of thioether (sulfide) groups is 1. The van der Waals surface area contributed by atoms with Crippen molar-refractivity contribution < 1.29 is 19.0 Å². The topological polar surface area (TPSA) is 87.7 Å². The average Bonchev–Trinajstić information content (AvgIpc) is 3.53. The Morgan fingerprint density at radius 2 is 2.09 bits per heavy atom. The van der Waals surface area contributed by atoms with Gasteiger partial charge in [0.25, 0.3) is 5.91 Å². The van der Waals surface area contributed by atoms with Crippen LogP contribution >= 0.6 is 11.8 Å². The minimum atomic E-state index is -0.0872. The molecule has 0 bridgehead atoms. The number of likely N-dealkylation sites (tertiary alicyclic amines) is 1. The standard InChI is InChI=1S/C25H35N5O4S/c1-17(23-16-35-25(28-23)30-13-20(14-30)32-2)26-22-4-3-18(12-29-6-9-33-10-7-29)11-21(22)24(31)27-19-5-8-34-15-19/h3-4,11,19-20,23,26H,1,5-10,12-16H2,2H3,(H,27,31)/t19-,23?/m0/s1. The summed E-state index contributed by atoms with van der Waals surface area (Å²) in [6.07, 6.45) is 1.13. The van der Waals surface area contributed by atoms with Gasteiger partial charge in [-0.1, -0.05) is 24.4 Å². The Hall–Kier alpha value is -2.11. The van der Waals surface area contributed by atoms with E-state index >= 15 is 0 Å². The van der Waals surface area contributed by atoms with E-state index in [0.29, 0.717) is 24.9 Å². The van der Waals surface area contributed by atoms with Crippen molar-refractivity contribution >= 4 is 28.5 Å². The number of amides is 1. The smallest absolute Gasteiger partial charge is 0.253 e. The Morgan fingerprint density at radius 3 is 2.83 bits per heavy atom. The summed E-state index contributed by atoms with van der Waals surface area (Å²) in [6, 6.07) is 6.09. The molecule has 0 radical (unpaired) electrons. The Kier molecular flexibility index (Phi) is 7.94. The lowest BCUT2D eigenvalue weighted by Gasteiger charge is -2.39. The first kappa shape index (κ1) is 24.6. The van der Waals surface area contributed by atoms with Crippen molar-refractivity contribution in [3.05, 3.63) is 41.6 Å². The predicted molar refractivity (Wildman–Crippen MR) is 138 cm³/mol. The van der Waals surface area contributed by atoms with Crippen LogP contribution in [-0.2, 0) is 20.8 Å². The number of hydrogen-bond acceptors (Lipinski definition) is 9. The minimum absolute atomic E-state index is 0.0382. The molecule has 190 valence electrons. The molecule has 2 N–H and O–H groups in total. The van der Waals surface area contributed by atoms with Crippen LogP contribution in [0.3, 0.4) is 0 Å². The maximum absolute atomic E-state index is 13.3. The zero-order valence-electron chi connectivity index (χ0n) is 20.3. The summed E-state index contributed by atoms with van der Waals surface area (Å²) in [5.41, 5.74) is 3.30. The number of amidine groups is 1. The number of methoxy groups -OCH3 is 1. The number of carbonyl (C=O) groups excluding carboxylic acids is 1. The molecule has 1 unspecified atom stereocenters. The highest BCUT2D eigenvalue weighted by Crippen LogP contribution is 2.29. The fraction of sp³-hybridized carbons (Fsp3) is 0.600. The second-order valence-corrected chi connectivity index (χ2v) is 10.4. The van der Waals surface area contributed by atoms with Gasteiger partial charge in [0.15, 0.2) is 5.17 Å². The summed E-state index contributed by atoms with van der Waals surface area (Å²) in [4.78, 5) is 22.8. The van der Waals surface area contributed by atoms with E-state index in [0.717, 1.165) is 80.2 Å². The van der Waals surface area contributed by atoms with E-state index in [4.69, 9.17) is 19.2 Å². The minimum Gasteiger partial charge on any atom is -0.379 e. The molecule has 4 aliphatic heterocycles. The van der Waals surface area contributed by atoms with E-state index in [1.165, 1.54) is 0 Å². The van der Waals surface area contributed by atoms with Gasteiger partial charge in [-0.25, -0.2) is 0 Å². The average molecular weight is 502 g/mol. The summed E-state index contributed by atoms with van der Waals surface area (Å²) in [7, 11) is 1.75. The highest BCUT2D eigenvalue weighted by atomic mass is 32.2. The van der Waals surface area contributed by atoms with Crippen LogP contribution in [0.25, 0.3) is 0 Å². The molecule has 4 heterocycles. The zero-order valence-corrected chi connectivity index (χ0v) is 21.1. The monoisotopic (exact) mass is 501 g/mol. The number of benzene rings is 1. The van der Waals surface area contributed by atoms with E-state index in [2.05, 4.69) is 33.1 Å². The number of morpholine rings is 1. The molecule has 1 aromatic rings. The van der Waals surface area contributed by atoms with Gasteiger partial charge in [0, 0.05) is 57.9 Å². The molecule has 35 heavy (non-hydrogen) atoms. The molecule has 2 atom stereocenters. The van der Waals surface area contributed by atoms with E-state index in [1.54, 1.807) is 18.9 Å². The number of carbonyl (C=O) groups is 1. The van der Waals surface area contributed by atoms with Crippen LogP contribution in [0.15, 0.2) is 35.5 Å². The number of hydrogen-bond donors (Lipinski definition) is 2. The SMILES string of the molecule is C=C(Nc1ccc(CN2CCOCC2)cc1C(=O)N[C@H]1CCOC1)C1CSC(N2CC(OC)C2)=N1. The van der Waals surface area contributed by atoms with E-state index < -0.39 is 0 Å². The predicted octanol–water partition coefficient (Wildman–Crippen LogP) is 1.77. The molecule has 1 amide bonds. The number of aliphatic imine (C=N–C) groups is 1. The highest BCUT2D eigenvalue weighted by Gasteiger charge is 2.33. The van der Waals surface area contributed by atoms with Gasteiger partial charge in [-0.15, -0.1) is 0 Å².